The largest absolute Gasteiger partial charge is 0.458 e. The maximum absolute atomic E-state index is 11.0. The Morgan fingerprint density at radius 3 is 2.50 bits per heavy atom. The molecule has 0 amide bonds. The van der Waals surface area contributed by atoms with Gasteiger partial charge in [0.1, 0.15) is 11.5 Å². The van der Waals surface area contributed by atoms with Crippen molar-refractivity contribution >= 4 is 17.6 Å². The smallest absolute Gasteiger partial charge is 0.321 e. The Morgan fingerprint density at radius 1 is 1.50 bits per heavy atom. The monoisotopic (exact) mass is 190 g/mol. The molecule has 1 fully saturated rings. The zero-order valence-corrected chi connectivity index (χ0v) is 8.19. The molecule has 0 aromatic rings. The Bertz CT molecular complexity index is 162. The minimum absolute atomic E-state index is 0.0260. The minimum atomic E-state index is -0.277. The number of halogens is 1. The highest BCUT2D eigenvalue weighted by atomic mass is 35.5. The summed E-state index contributed by atoms with van der Waals surface area (Å²) in [4.78, 5) is 11.0. The predicted octanol–water partition coefficient (Wildman–Crippen LogP) is 2.49. The SMILES string of the molecule is CCC1(OC(=O)CCl)CCCC1. The fourth-order valence-electron chi connectivity index (χ4n) is 1.82. The molecule has 70 valence electrons. The van der Waals surface area contributed by atoms with Crippen molar-refractivity contribution in [3.05, 3.63) is 0 Å². The van der Waals surface area contributed by atoms with Crippen LogP contribution in [0.3, 0.4) is 0 Å². The molecule has 0 spiro atoms. The van der Waals surface area contributed by atoms with Crippen LogP contribution in [0.4, 0.5) is 0 Å². The van der Waals surface area contributed by atoms with Crippen molar-refractivity contribution in [1.29, 1.82) is 0 Å². The minimum Gasteiger partial charge on any atom is -0.458 e. The van der Waals surface area contributed by atoms with Crippen LogP contribution in [0.1, 0.15) is 39.0 Å². The summed E-state index contributed by atoms with van der Waals surface area (Å²) < 4.78 is 5.33. The summed E-state index contributed by atoms with van der Waals surface area (Å²) in [5, 5.41) is 0. The third kappa shape index (κ3) is 2.13. The highest BCUT2D eigenvalue weighted by molar-refractivity contribution is 6.26. The number of hydrogen-bond acceptors (Lipinski definition) is 2. The van der Waals surface area contributed by atoms with E-state index in [0.717, 1.165) is 19.3 Å². The van der Waals surface area contributed by atoms with E-state index >= 15 is 0 Å². The highest BCUT2D eigenvalue weighted by Crippen LogP contribution is 2.35. The summed E-state index contributed by atoms with van der Waals surface area (Å²) in [5.74, 6) is -0.303. The highest BCUT2D eigenvalue weighted by Gasteiger charge is 2.35. The number of alkyl halides is 1. The van der Waals surface area contributed by atoms with E-state index < -0.39 is 0 Å². The van der Waals surface area contributed by atoms with E-state index in [0.29, 0.717) is 0 Å². The van der Waals surface area contributed by atoms with E-state index in [1.54, 1.807) is 0 Å². The van der Waals surface area contributed by atoms with E-state index in [1.165, 1.54) is 12.8 Å². The van der Waals surface area contributed by atoms with Crippen molar-refractivity contribution in [2.75, 3.05) is 5.88 Å². The van der Waals surface area contributed by atoms with Crippen LogP contribution in [-0.4, -0.2) is 17.5 Å². The van der Waals surface area contributed by atoms with Gasteiger partial charge in [-0.25, -0.2) is 0 Å². The second kappa shape index (κ2) is 4.13. The molecule has 0 aromatic carbocycles. The van der Waals surface area contributed by atoms with Gasteiger partial charge in [-0.3, -0.25) is 4.79 Å². The van der Waals surface area contributed by atoms with Crippen molar-refractivity contribution in [3.63, 3.8) is 0 Å². The van der Waals surface area contributed by atoms with Crippen molar-refractivity contribution in [2.45, 2.75) is 44.6 Å². The van der Waals surface area contributed by atoms with Crippen molar-refractivity contribution in [1.82, 2.24) is 0 Å². The van der Waals surface area contributed by atoms with Gasteiger partial charge in [0.15, 0.2) is 0 Å². The van der Waals surface area contributed by atoms with Crippen LogP contribution < -0.4 is 0 Å². The topological polar surface area (TPSA) is 26.3 Å². The van der Waals surface area contributed by atoms with Gasteiger partial charge in [0, 0.05) is 0 Å². The quantitative estimate of drug-likeness (QED) is 0.505. The van der Waals surface area contributed by atoms with E-state index in [9.17, 15) is 4.79 Å². The molecule has 0 saturated heterocycles. The lowest BCUT2D eigenvalue weighted by molar-refractivity contribution is -0.156. The maximum atomic E-state index is 11.0. The molecule has 1 aliphatic carbocycles. The first-order valence-electron chi connectivity index (χ1n) is 4.50. The summed E-state index contributed by atoms with van der Waals surface area (Å²) in [6.07, 6.45) is 5.26. The van der Waals surface area contributed by atoms with Crippen molar-refractivity contribution in [3.8, 4) is 0 Å². The predicted molar refractivity (Wildman–Crippen MR) is 48.3 cm³/mol. The second-order valence-electron chi connectivity index (χ2n) is 3.35. The number of hydrogen-bond donors (Lipinski definition) is 0. The molecule has 0 aliphatic heterocycles. The lowest BCUT2D eigenvalue weighted by atomic mass is 9.99. The van der Waals surface area contributed by atoms with Crippen LogP contribution in [0, 0.1) is 0 Å². The van der Waals surface area contributed by atoms with Gasteiger partial charge in [0.25, 0.3) is 0 Å². The second-order valence-corrected chi connectivity index (χ2v) is 3.62. The number of esters is 1. The van der Waals surface area contributed by atoms with Gasteiger partial charge in [-0.2, -0.15) is 0 Å². The molecule has 2 nitrogen and oxygen atoms in total. The summed E-state index contributed by atoms with van der Waals surface area (Å²) in [7, 11) is 0. The number of carbonyl (C=O) groups is 1. The molecule has 0 aromatic heterocycles. The van der Waals surface area contributed by atoms with Crippen LogP contribution in [0.25, 0.3) is 0 Å². The van der Waals surface area contributed by atoms with Gasteiger partial charge in [-0.15, -0.1) is 11.6 Å². The molecule has 0 heterocycles. The molecule has 1 rings (SSSR count). The van der Waals surface area contributed by atoms with Crippen LogP contribution >= 0.6 is 11.6 Å². The Morgan fingerprint density at radius 2 is 2.08 bits per heavy atom. The van der Waals surface area contributed by atoms with Crippen LogP contribution in [0.15, 0.2) is 0 Å². The number of carbonyl (C=O) groups excluding carboxylic acids is 1. The average molecular weight is 191 g/mol. The molecule has 1 aliphatic rings. The van der Waals surface area contributed by atoms with Gasteiger partial charge in [-0.05, 0) is 32.1 Å². The summed E-state index contributed by atoms with van der Waals surface area (Å²) in [6, 6.07) is 0. The third-order valence-electron chi connectivity index (χ3n) is 2.60. The van der Waals surface area contributed by atoms with E-state index in [-0.39, 0.29) is 17.5 Å². The van der Waals surface area contributed by atoms with Crippen LogP contribution in [0.2, 0.25) is 0 Å². The van der Waals surface area contributed by atoms with Gasteiger partial charge in [-0.1, -0.05) is 6.92 Å². The Balaban J connectivity index is 2.49. The first-order valence-corrected chi connectivity index (χ1v) is 5.04. The molecule has 12 heavy (non-hydrogen) atoms. The Hall–Kier alpha value is -0.240. The first-order chi connectivity index (χ1) is 5.72. The zero-order valence-electron chi connectivity index (χ0n) is 7.44. The lowest BCUT2D eigenvalue weighted by Gasteiger charge is -2.27. The maximum Gasteiger partial charge on any atom is 0.321 e. The fraction of sp³-hybridized carbons (Fsp3) is 0.889. The summed E-state index contributed by atoms with van der Waals surface area (Å²) in [6.45, 7) is 2.06. The van der Waals surface area contributed by atoms with E-state index in [2.05, 4.69) is 6.92 Å². The first kappa shape index (κ1) is 9.85. The van der Waals surface area contributed by atoms with Crippen LogP contribution in [0.5, 0.6) is 0 Å². The molecule has 0 radical (unpaired) electrons. The van der Waals surface area contributed by atoms with Gasteiger partial charge >= 0.3 is 5.97 Å². The van der Waals surface area contributed by atoms with Gasteiger partial charge in [0.05, 0.1) is 0 Å². The number of rotatable bonds is 3. The fourth-order valence-corrected chi connectivity index (χ4v) is 1.87. The average Bonchev–Trinajstić information content (AvgIpc) is 2.54. The molecule has 0 N–H and O–H groups in total. The molecule has 0 atom stereocenters. The number of ether oxygens (including phenoxy) is 1. The van der Waals surface area contributed by atoms with Gasteiger partial charge < -0.3 is 4.74 Å². The molecular formula is C9H15ClO2. The van der Waals surface area contributed by atoms with E-state index in [1.807, 2.05) is 0 Å². The lowest BCUT2D eigenvalue weighted by Crippen LogP contribution is -2.31. The molecule has 0 unspecified atom stereocenters. The Labute approximate surface area is 78.2 Å². The van der Waals surface area contributed by atoms with Gasteiger partial charge in [0.2, 0.25) is 0 Å². The third-order valence-corrected chi connectivity index (χ3v) is 2.82. The normalized spacial score (nSPS) is 20.8. The van der Waals surface area contributed by atoms with Crippen molar-refractivity contribution in [2.24, 2.45) is 0 Å². The summed E-state index contributed by atoms with van der Waals surface area (Å²) in [5.41, 5.74) is -0.175. The standard InChI is InChI=1S/C9H15ClO2/c1-2-9(5-3-4-6-9)12-8(11)7-10/h2-7H2,1H3. The zero-order chi connectivity index (χ0) is 9.03. The molecular weight excluding hydrogens is 176 g/mol. The van der Waals surface area contributed by atoms with Crippen molar-refractivity contribution < 1.29 is 9.53 Å². The van der Waals surface area contributed by atoms with Crippen LogP contribution in [-0.2, 0) is 9.53 Å². The molecule has 0 bridgehead atoms. The van der Waals surface area contributed by atoms with E-state index in [4.69, 9.17) is 16.3 Å². The molecule has 3 heteroatoms. The Kier molecular flexibility index (Phi) is 3.39. The summed E-state index contributed by atoms with van der Waals surface area (Å²) >= 11 is 5.37. The molecule has 1 saturated carbocycles.